The fourth-order valence-corrected chi connectivity index (χ4v) is 2.88. The van der Waals surface area contributed by atoms with Gasteiger partial charge in [0.25, 0.3) is 10.0 Å². The van der Waals surface area contributed by atoms with E-state index in [2.05, 4.69) is 0 Å². The number of carboxylic acid groups (broad SMARTS) is 1. The normalized spacial score (nSPS) is 12.0. The van der Waals surface area contributed by atoms with Crippen LogP contribution in [0.25, 0.3) is 0 Å². The van der Waals surface area contributed by atoms with Gasteiger partial charge in [-0.05, 0) is 36.4 Å². The molecule has 0 aliphatic rings. The van der Waals surface area contributed by atoms with Crippen LogP contribution >= 0.6 is 0 Å². The lowest BCUT2D eigenvalue weighted by atomic mass is 10.2. The summed E-state index contributed by atoms with van der Waals surface area (Å²) in [5.41, 5.74) is -1.87. The van der Waals surface area contributed by atoms with Gasteiger partial charge in [-0.25, -0.2) is 13.2 Å². The molecule has 0 aliphatic carbocycles. The average molecular weight is 345 g/mol. The van der Waals surface area contributed by atoms with Crippen LogP contribution in [0.5, 0.6) is 0 Å². The SMILES string of the molecule is O=C(O)c1ccc(S(=O)(=O)Nc2ccccc2C(F)(F)F)cc1. The number of hydrogen-bond acceptors (Lipinski definition) is 3. The molecule has 2 aromatic rings. The molecule has 0 atom stereocenters. The molecule has 0 saturated carbocycles. The maximum absolute atomic E-state index is 12.9. The maximum atomic E-state index is 12.9. The van der Waals surface area contributed by atoms with Crippen molar-refractivity contribution in [2.45, 2.75) is 11.1 Å². The standard InChI is InChI=1S/C14H10F3NO4S/c15-14(16,17)11-3-1-2-4-12(11)18-23(21,22)10-7-5-9(6-8-10)13(19)20/h1-8,18H,(H,19,20). The lowest BCUT2D eigenvalue weighted by Crippen LogP contribution is -2.17. The van der Waals surface area contributed by atoms with E-state index >= 15 is 0 Å². The Labute approximate surface area is 129 Å². The summed E-state index contributed by atoms with van der Waals surface area (Å²) in [4.78, 5) is 10.4. The molecule has 9 heteroatoms. The van der Waals surface area contributed by atoms with Crippen LogP contribution in [0.3, 0.4) is 0 Å². The Kier molecular flexibility index (Phi) is 4.33. The van der Waals surface area contributed by atoms with Crippen LogP contribution in [-0.4, -0.2) is 19.5 Å². The summed E-state index contributed by atoms with van der Waals surface area (Å²) in [5, 5.41) is 8.75. The van der Waals surface area contributed by atoms with Gasteiger partial charge in [0.2, 0.25) is 0 Å². The second kappa shape index (κ2) is 5.92. The van der Waals surface area contributed by atoms with Gasteiger partial charge in [0, 0.05) is 0 Å². The molecule has 2 rings (SSSR count). The number of carboxylic acids is 1. The monoisotopic (exact) mass is 345 g/mol. The van der Waals surface area contributed by atoms with E-state index < -0.39 is 33.4 Å². The average Bonchev–Trinajstić information content (AvgIpc) is 2.46. The molecule has 0 unspecified atom stereocenters. The number of alkyl halides is 3. The van der Waals surface area contributed by atoms with Crippen molar-refractivity contribution in [2.24, 2.45) is 0 Å². The smallest absolute Gasteiger partial charge is 0.418 e. The summed E-state index contributed by atoms with van der Waals surface area (Å²) >= 11 is 0. The molecule has 0 spiro atoms. The Hall–Kier alpha value is -2.55. The van der Waals surface area contributed by atoms with E-state index in [0.717, 1.165) is 42.5 Å². The molecule has 0 aliphatic heterocycles. The van der Waals surface area contributed by atoms with E-state index in [1.807, 2.05) is 4.72 Å². The van der Waals surface area contributed by atoms with Crippen molar-refractivity contribution in [3.8, 4) is 0 Å². The van der Waals surface area contributed by atoms with Gasteiger partial charge in [-0.3, -0.25) is 4.72 Å². The molecular formula is C14H10F3NO4S. The predicted octanol–water partition coefficient (Wildman–Crippen LogP) is 3.20. The van der Waals surface area contributed by atoms with Crippen LogP contribution in [0.4, 0.5) is 18.9 Å². The molecule has 23 heavy (non-hydrogen) atoms. The molecular weight excluding hydrogens is 335 g/mol. The molecule has 0 bridgehead atoms. The first-order valence-electron chi connectivity index (χ1n) is 6.13. The minimum atomic E-state index is -4.72. The second-order valence-electron chi connectivity index (χ2n) is 4.48. The zero-order valence-electron chi connectivity index (χ0n) is 11.3. The van der Waals surface area contributed by atoms with Crippen molar-refractivity contribution in [2.75, 3.05) is 4.72 Å². The first-order valence-corrected chi connectivity index (χ1v) is 7.62. The third-order valence-electron chi connectivity index (χ3n) is 2.89. The molecule has 0 amide bonds. The first kappa shape index (κ1) is 16.8. The Morgan fingerprint density at radius 3 is 2.09 bits per heavy atom. The molecule has 0 saturated heterocycles. The van der Waals surface area contributed by atoms with Gasteiger partial charge in [-0.15, -0.1) is 0 Å². The zero-order valence-corrected chi connectivity index (χ0v) is 12.1. The number of benzene rings is 2. The summed E-state index contributed by atoms with van der Waals surface area (Å²) in [5.74, 6) is -1.25. The van der Waals surface area contributed by atoms with Gasteiger partial charge >= 0.3 is 12.1 Å². The Balaban J connectivity index is 2.38. The molecule has 2 N–H and O–H groups in total. The van der Waals surface area contributed by atoms with Crippen molar-refractivity contribution in [1.82, 2.24) is 0 Å². The molecule has 2 aromatic carbocycles. The number of hydrogen-bond donors (Lipinski definition) is 2. The van der Waals surface area contributed by atoms with Gasteiger partial charge in [-0.2, -0.15) is 13.2 Å². The highest BCUT2D eigenvalue weighted by Crippen LogP contribution is 2.35. The van der Waals surface area contributed by atoms with Crippen LogP contribution in [-0.2, 0) is 16.2 Å². The number of halogens is 3. The summed E-state index contributed by atoms with van der Waals surface area (Å²) in [6, 6.07) is 8.25. The summed E-state index contributed by atoms with van der Waals surface area (Å²) in [6.45, 7) is 0. The highest BCUT2D eigenvalue weighted by Gasteiger charge is 2.34. The third-order valence-corrected chi connectivity index (χ3v) is 4.27. The predicted molar refractivity (Wildman–Crippen MR) is 75.7 cm³/mol. The van der Waals surface area contributed by atoms with E-state index in [4.69, 9.17) is 5.11 Å². The van der Waals surface area contributed by atoms with Crippen LogP contribution in [0.2, 0.25) is 0 Å². The first-order chi connectivity index (χ1) is 10.6. The molecule has 0 heterocycles. The molecule has 5 nitrogen and oxygen atoms in total. The number of sulfonamides is 1. The van der Waals surface area contributed by atoms with E-state index in [1.54, 1.807) is 0 Å². The van der Waals surface area contributed by atoms with Crippen LogP contribution < -0.4 is 4.72 Å². The highest BCUT2D eigenvalue weighted by molar-refractivity contribution is 7.92. The molecule has 122 valence electrons. The van der Waals surface area contributed by atoms with Crippen molar-refractivity contribution in [3.05, 3.63) is 59.7 Å². The van der Waals surface area contributed by atoms with E-state index in [9.17, 15) is 26.4 Å². The van der Waals surface area contributed by atoms with E-state index in [0.29, 0.717) is 0 Å². The minimum Gasteiger partial charge on any atom is -0.478 e. The minimum absolute atomic E-state index is 0.139. The summed E-state index contributed by atoms with van der Waals surface area (Å²) in [7, 11) is -4.28. The number of para-hydroxylation sites is 1. The Bertz CT molecular complexity index is 830. The van der Waals surface area contributed by atoms with E-state index in [-0.39, 0.29) is 10.5 Å². The van der Waals surface area contributed by atoms with Crippen molar-refractivity contribution in [1.29, 1.82) is 0 Å². The third kappa shape index (κ3) is 3.81. The van der Waals surface area contributed by atoms with Gasteiger partial charge in [0.05, 0.1) is 21.7 Å². The number of anilines is 1. The van der Waals surface area contributed by atoms with Gasteiger partial charge in [0.1, 0.15) is 0 Å². The lowest BCUT2D eigenvalue weighted by molar-refractivity contribution is -0.136. The fraction of sp³-hybridized carbons (Fsp3) is 0.0714. The van der Waals surface area contributed by atoms with Gasteiger partial charge in [-0.1, -0.05) is 12.1 Å². The number of rotatable bonds is 4. The fourth-order valence-electron chi connectivity index (χ4n) is 1.80. The van der Waals surface area contributed by atoms with Crippen molar-refractivity contribution >= 4 is 21.7 Å². The number of nitrogens with one attached hydrogen (secondary N) is 1. The number of carbonyl (C=O) groups is 1. The molecule has 0 radical (unpaired) electrons. The van der Waals surface area contributed by atoms with Crippen LogP contribution in [0.15, 0.2) is 53.4 Å². The quantitative estimate of drug-likeness (QED) is 0.891. The van der Waals surface area contributed by atoms with Gasteiger partial charge < -0.3 is 5.11 Å². The largest absolute Gasteiger partial charge is 0.478 e. The lowest BCUT2D eigenvalue weighted by Gasteiger charge is -2.14. The van der Waals surface area contributed by atoms with E-state index in [1.165, 1.54) is 6.07 Å². The van der Waals surface area contributed by atoms with Crippen molar-refractivity contribution < 1.29 is 31.5 Å². The zero-order chi connectivity index (χ0) is 17.3. The number of aromatic carboxylic acids is 1. The topological polar surface area (TPSA) is 83.5 Å². The Morgan fingerprint density at radius 1 is 1.00 bits per heavy atom. The highest BCUT2D eigenvalue weighted by atomic mass is 32.2. The molecule has 0 aromatic heterocycles. The summed E-state index contributed by atoms with van der Waals surface area (Å²) < 4.78 is 64.7. The second-order valence-corrected chi connectivity index (χ2v) is 6.16. The van der Waals surface area contributed by atoms with Crippen LogP contribution in [0, 0.1) is 0 Å². The molecule has 0 fully saturated rings. The van der Waals surface area contributed by atoms with Crippen LogP contribution in [0.1, 0.15) is 15.9 Å². The maximum Gasteiger partial charge on any atom is 0.418 e. The van der Waals surface area contributed by atoms with Gasteiger partial charge in [0.15, 0.2) is 0 Å². The Morgan fingerprint density at radius 2 is 1.57 bits per heavy atom. The van der Waals surface area contributed by atoms with Crippen molar-refractivity contribution in [3.63, 3.8) is 0 Å². The summed E-state index contributed by atoms with van der Waals surface area (Å²) in [6.07, 6.45) is -4.72.